The molecule has 1 aliphatic rings. The van der Waals surface area contributed by atoms with Gasteiger partial charge in [0.05, 0.1) is 4.92 Å². The summed E-state index contributed by atoms with van der Waals surface area (Å²) in [6.45, 7) is 2.24. The highest BCUT2D eigenvalue weighted by Gasteiger charge is 2.26. The number of aromatic nitrogens is 2. The molecule has 110 valence electrons. The van der Waals surface area contributed by atoms with Gasteiger partial charge in [0, 0.05) is 33.9 Å². The first-order valence-electron chi connectivity index (χ1n) is 6.59. The van der Waals surface area contributed by atoms with Crippen molar-refractivity contribution in [3.05, 3.63) is 16.4 Å². The van der Waals surface area contributed by atoms with Gasteiger partial charge in [0.15, 0.2) is 0 Å². The zero-order valence-corrected chi connectivity index (χ0v) is 11.7. The summed E-state index contributed by atoms with van der Waals surface area (Å²) in [5.74, 6) is 1.06. The van der Waals surface area contributed by atoms with Crippen LogP contribution in [-0.2, 0) is 4.74 Å². The van der Waals surface area contributed by atoms with Crippen LogP contribution < -0.4 is 10.2 Å². The van der Waals surface area contributed by atoms with Gasteiger partial charge in [0.1, 0.15) is 6.33 Å². The summed E-state index contributed by atoms with van der Waals surface area (Å²) in [4.78, 5) is 20.6. The highest BCUT2D eigenvalue weighted by Crippen LogP contribution is 2.31. The van der Waals surface area contributed by atoms with Crippen molar-refractivity contribution >= 4 is 17.3 Å². The van der Waals surface area contributed by atoms with E-state index in [4.69, 9.17) is 4.74 Å². The molecule has 1 aromatic heterocycles. The smallest absolute Gasteiger partial charge is 0.353 e. The van der Waals surface area contributed by atoms with Crippen LogP contribution in [0, 0.1) is 16.0 Å². The maximum atomic E-state index is 11.2. The van der Waals surface area contributed by atoms with Crippen LogP contribution in [0.2, 0.25) is 0 Å². The Morgan fingerprint density at radius 2 is 2.20 bits per heavy atom. The third-order valence-corrected chi connectivity index (χ3v) is 3.46. The van der Waals surface area contributed by atoms with Crippen LogP contribution in [0.1, 0.15) is 12.8 Å². The summed E-state index contributed by atoms with van der Waals surface area (Å²) in [6.07, 6.45) is 3.29. The Kier molecular flexibility index (Phi) is 4.67. The molecule has 0 bridgehead atoms. The van der Waals surface area contributed by atoms with Crippen molar-refractivity contribution in [2.24, 2.45) is 5.92 Å². The van der Waals surface area contributed by atoms with Crippen LogP contribution in [0.4, 0.5) is 17.3 Å². The molecule has 0 amide bonds. The van der Waals surface area contributed by atoms with Crippen molar-refractivity contribution in [2.45, 2.75) is 12.8 Å². The van der Waals surface area contributed by atoms with E-state index in [0.29, 0.717) is 11.7 Å². The molecule has 0 unspecified atom stereocenters. The van der Waals surface area contributed by atoms with Gasteiger partial charge in [-0.25, -0.2) is 9.97 Å². The molecule has 0 aromatic carbocycles. The zero-order chi connectivity index (χ0) is 14.5. The summed E-state index contributed by atoms with van der Waals surface area (Å²) in [5.41, 5.74) is -0.0791. The van der Waals surface area contributed by atoms with Crippen LogP contribution in [0.3, 0.4) is 0 Å². The lowest BCUT2D eigenvalue weighted by Crippen LogP contribution is -2.30. The summed E-state index contributed by atoms with van der Waals surface area (Å²) in [5, 5.41) is 14.0. The molecular weight excluding hydrogens is 262 g/mol. The molecule has 2 heterocycles. The number of nitro groups is 1. The molecule has 0 aliphatic carbocycles. The molecule has 1 aliphatic heterocycles. The maximum Gasteiger partial charge on any atom is 0.353 e. The van der Waals surface area contributed by atoms with Gasteiger partial charge in [-0.05, 0) is 18.8 Å². The lowest BCUT2D eigenvalue weighted by molar-refractivity contribution is -0.383. The van der Waals surface area contributed by atoms with Gasteiger partial charge in [-0.2, -0.15) is 0 Å². The van der Waals surface area contributed by atoms with E-state index in [1.54, 1.807) is 7.05 Å². The van der Waals surface area contributed by atoms with E-state index >= 15 is 0 Å². The van der Waals surface area contributed by atoms with Gasteiger partial charge in [0.2, 0.25) is 11.6 Å². The minimum atomic E-state index is -0.443. The molecule has 0 saturated carbocycles. The van der Waals surface area contributed by atoms with E-state index in [9.17, 15) is 10.1 Å². The van der Waals surface area contributed by atoms with E-state index in [-0.39, 0.29) is 11.5 Å². The van der Waals surface area contributed by atoms with Crippen LogP contribution >= 0.6 is 0 Å². The van der Waals surface area contributed by atoms with Crippen molar-refractivity contribution in [3.63, 3.8) is 0 Å². The summed E-state index contributed by atoms with van der Waals surface area (Å²) < 4.78 is 5.32. The van der Waals surface area contributed by atoms with Gasteiger partial charge in [0.25, 0.3) is 0 Å². The first-order chi connectivity index (χ1) is 9.63. The van der Waals surface area contributed by atoms with E-state index < -0.39 is 4.92 Å². The fraction of sp³-hybridized carbons (Fsp3) is 0.667. The quantitative estimate of drug-likeness (QED) is 0.642. The van der Waals surface area contributed by atoms with Crippen LogP contribution in [-0.4, -0.2) is 48.7 Å². The first kappa shape index (κ1) is 14.4. The fourth-order valence-corrected chi connectivity index (χ4v) is 2.40. The second-order valence-corrected chi connectivity index (χ2v) is 4.84. The Hall–Kier alpha value is -1.96. The van der Waals surface area contributed by atoms with Crippen molar-refractivity contribution < 1.29 is 9.66 Å². The number of nitrogens with one attached hydrogen (secondary N) is 1. The minimum absolute atomic E-state index is 0.0791. The highest BCUT2D eigenvalue weighted by atomic mass is 16.6. The molecule has 1 saturated heterocycles. The Balaban J connectivity index is 2.19. The van der Waals surface area contributed by atoms with Gasteiger partial charge < -0.3 is 15.0 Å². The largest absolute Gasteiger partial charge is 0.381 e. The Morgan fingerprint density at radius 3 is 2.80 bits per heavy atom. The van der Waals surface area contributed by atoms with Gasteiger partial charge in [-0.1, -0.05) is 0 Å². The predicted molar refractivity (Wildman–Crippen MR) is 75.0 cm³/mol. The summed E-state index contributed by atoms with van der Waals surface area (Å²) in [6, 6.07) is 0. The minimum Gasteiger partial charge on any atom is -0.381 e. The Bertz CT molecular complexity index is 476. The molecule has 0 atom stereocenters. The van der Waals surface area contributed by atoms with E-state index in [2.05, 4.69) is 15.3 Å². The number of hydrogen-bond acceptors (Lipinski definition) is 7. The van der Waals surface area contributed by atoms with Crippen LogP contribution in [0.5, 0.6) is 0 Å². The third-order valence-electron chi connectivity index (χ3n) is 3.46. The second-order valence-electron chi connectivity index (χ2n) is 4.84. The molecule has 0 radical (unpaired) electrons. The van der Waals surface area contributed by atoms with Crippen LogP contribution in [0.15, 0.2) is 6.33 Å². The van der Waals surface area contributed by atoms with Crippen LogP contribution in [0.25, 0.3) is 0 Å². The normalized spacial score (nSPS) is 15.9. The number of ether oxygens (including phenoxy) is 1. The molecule has 1 fully saturated rings. The molecule has 8 heteroatoms. The SMILES string of the molecule is CNc1ncnc(N(C)CC2CCOCC2)c1[N+](=O)[O-]. The average Bonchev–Trinajstić information content (AvgIpc) is 2.47. The molecule has 2 rings (SSSR count). The van der Waals surface area contributed by atoms with Crippen molar-refractivity contribution in [2.75, 3.05) is 44.1 Å². The van der Waals surface area contributed by atoms with Crippen molar-refractivity contribution in [3.8, 4) is 0 Å². The second kappa shape index (κ2) is 6.47. The predicted octanol–water partition coefficient (Wildman–Crippen LogP) is 1.29. The Morgan fingerprint density at radius 1 is 1.50 bits per heavy atom. The van der Waals surface area contributed by atoms with Gasteiger partial charge in [-0.15, -0.1) is 0 Å². The summed E-state index contributed by atoms with van der Waals surface area (Å²) in [7, 11) is 3.43. The van der Waals surface area contributed by atoms with Gasteiger partial charge in [-0.3, -0.25) is 10.1 Å². The number of hydrogen-bond donors (Lipinski definition) is 1. The number of rotatable bonds is 5. The average molecular weight is 281 g/mol. The van der Waals surface area contributed by atoms with E-state index in [0.717, 1.165) is 32.6 Å². The molecular formula is C12H19N5O3. The lowest BCUT2D eigenvalue weighted by Gasteiger charge is -2.27. The van der Waals surface area contributed by atoms with Gasteiger partial charge >= 0.3 is 5.69 Å². The zero-order valence-electron chi connectivity index (χ0n) is 11.7. The molecule has 1 aromatic rings. The maximum absolute atomic E-state index is 11.2. The Labute approximate surface area is 117 Å². The highest BCUT2D eigenvalue weighted by molar-refractivity contribution is 5.69. The molecule has 20 heavy (non-hydrogen) atoms. The third kappa shape index (κ3) is 3.13. The number of nitrogens with zero attached hydrogens (tertiary/aromatic N) is 4. The standard InChI is InChI=1S/C12H19N5O3/c1-13-11-10(17(18)19)12(15-8-14-11)16(2)7-9-3-5-20-6-4-9/h8-9H,3-7H2,1-2H3,(H,13,14,15). The van der Waals surface area contributed by atoms with Crippen molar-refractivity contribution in [1.82, 2.24) is 9.97 Å². The lowest BCUT2D eigenvalue weighted by atomic mass is 10.00. The molecule has 1 N–H and O–H groups in total. The first-order valence-corrected chi connectivity index (χ1v) is 6.59. The van der Waals surface area contributed by atoms with E-state index in [1.807, 2.05) is 11.9 Å². The topological polar surface area (TPSA) is 93.4 Å². The monoisotopic (exact) mass is 281 g/mol. The van der Waals surface area contributed by atoms with Crippen molar-refractivity contribution in [1.29, 1.82) is 0 Å². The molecule has 8 nitrogen and oxygen atoms in total. The molecule has 0 spiro atoms. The number of anilines is 2. The van der Waals surface area contributed by atoms with E-state index in [1.165, 1.54) is 6.33 Å². The summed E-state index contributed by atoms with van der Waals surface area (Å²) >= 11 is 0. The fourth-order valence-electron chi connectivity index (χ4n) is 2.40.